The number of amides is 2. The van der Waals surface area contributed by atoms with E-state index in [1.807, 2.05) is 30.3 Å². The van der Waals surface area contributed by atoms with Gasteiger partial charge in [-0.3, -0.25) is 0 Å². The summed E-state index contributed by atoms with van der Waals surface area (Å²) in [6.07, 6.45) is 1.16. The second-order valence-electron chi connectivity index (χ2n) is 5.31. The summed E-state index contributed by atoms with van der Waals surface area (Å²) in [4.78, 5) is 12.2. The molecule has 2 rings (SSSR count). The van der Waals surface area contributed by atoms with Gasteiger partial charge in [-0.2, -0.15) is 0 Å². The first-order valence-electron chi connectivity index (χ1n) is 7.70. The molecule has 0 aliphatic carbocycles. The third-order valence-corrected chi connectivity index (χ3v) is 3.52. The minimum Gasteiger partial charge on any atom is -0.497 e. The Morgan fingerprint density at radius 1 is 1.25 bits per heavy atom. The fraction of sp³-hybridized carbons (Fsp3) is 0.278. The van der Waals surface area contributed by atoms with E-state index >= 15 is 0 Å². The number of hydrogen-bond donors (Lipinski definition) is 3. The zero-order valence-electron chi connectivity index (χ0n) is 13.5. The minimum atomic E-state index is -0.496. The van der Waals surface area contributed by atoms with Gasteiger partial charge in [0.1, 0.15) is 11.6 Å². The Bertz CT molecular complexity index is 665. The molecule has 0 radical (unpaired) electrons. The van der Waals surface area contributed by atoms with E-state index in [0.717, 1.165) is 5.56 Å². The van der Waals surface area contributed by atoms with E-state index < -0.39 is 11.8 Å². The lowest BCUT2D eigenvalue weighted by Gasteiger charge is -2.19. The van der Waals surface area contributed by atoms with Crippen LogP contribution < -0.4 is 15.4 Å². The molecule has 0 saturated heterocycles. The summed E-state index contributed by atoms with van der Waals surface area (Å²) in [5.41, 5.74) is 1.25. The van der Waals surface area contributed by atoms with E-state index in [1.165, 1.54) is 25.3 Å². The lowest BCUT2D eigenvalue weighted by molar-refractivity contribution is 0.244. The number of aliphatic hydroxyl groups is 1. The van der Waals surface area contributed by atoms with Crippen LogP contribution in [0, 0.1) is 5.82 Å². The van der Waals surface area contributed by atoms with E-state index in [1.54, 1.807) is 0 Å². The summed E-state index contributed by atoms with van der Waals surface area (Å²) in [6.45, 7) is 0.0493. The van der Waals surface area contributed by atoms with Crippen LogP contribution in [0.25, 0.3) is 0 Å². The topological polar surface area (TPSA) is 70.6 Å². The van der Waals surface area contributed by atoms with Crippen LogP contribution in [-0.4, -0.2) is 24.9 Å². The molecular formula is C18H21FN2O3. The van der Waals surface area contributed by atoms with E-state index in [-0.39, 0.29) is 12.6 Å². The van der Waals surface area contributed by atoms with Gasteiger partial charge in [-0.05, 0) is 24.5 Å². The van der Waals surface area contributed by atoms with E-state index in [2.05, 4.69) is 10.6 Å². The molecule has 0 heterocycles. The molecular weight excluding hydrogens is 311 g/mol. The lowest BCUT2D eigenvalue weighted by atomic mass is 10.0. The molecule has 6 heteroatoms. The zero-order valence-corrected chi connectivity index (χ0v) is 13.5. The van der Waals surface area contributed by atoms with Crippen LogP contribution in [0.3, 0.4) is 0 Å². The van der Waals surface area contributed by atoms with Gasteiger partial charge in [-0.1, -0.05) is 30.3 Å². The molecule has 24 heavy (non-hydrogen) atoms. The molecule has 2 aromatic carbocycles. The molecule has 128 valence electrons. The number of anilines is 1. The molecule has 0 aromatic heterocycles. The van der Waals surface area contributed by atoms with Gasteiger partial charge in [-0.25, -0.2) is 9.18 Å². The predicted octanol–water partition coefficient (Wildman–Crippen LogP) is 3.47. The molecule has 0 saturated carbocycles. The zero-order chi connectivity index (χ0) is 17.4. The molecule has 1 unspecified atom stereocenters. The minimum absolute atomic E-state index is 0.0493. The SMILES string of the molecule is COc1cc(F)cc(NC(=O)NC(CCCO)c2ccccc2)c1. The smallest absolute Gasteiger partial charge is 0.319 e. The van der Waals surface area contributed by atoms with Crippen LogP contribution in [0.5, 0.6) is 5.75 Å². The Balaban J connectivity index is 2.06. The van der Waals surface area contributed by atoms with Crippen molar-refractivity contribution < 1.29 is 19.0 Å². The van der Waals surface area contributed by atoms with Crippen molar-refractivity contribution >= 4 is 11.7 Å². The van der Waals surface area contributed by atoms with Crippen LogP contribution in [0.15, 0.2) is 48.5 Å². The number of aliphatic hydroxyl groups excluding tert-OH is 1. The van der Waals surface area contributed by atoms with Crippen molar-refractivity contribution in [3.05, 3.63) is 59.9 Å². The van der Waals surface area contributed by atoms with Crippen LogP contribution in [0.2, 0.25) is 0 Å². The first kappa shape index (κ1) is 17.7. The van der Waals surface area contributed by atoms with Crippen molar-refractivity contribution in [1.29, 1.82) is 0 Å². The number of methoxy groups -OCH3 is 1. The highest BCUT2D eigenvalue weighted by Gasteiger charge is 2.14. The maximum atomic E-state index is 13.5. The Morgan fingerprint density at radius 3 is 2.67 bits per heavy atom. The Labute approximate surface area is 140 Å². The summed E-state index contributed by atoms with van der Waals surface area (Å²) in [5.74, 6) is -0.172. The first-order chi connectivity index (χ1) is 11.6. The number of benzene rings is 2. The maximum Gasteiger partial charge on any atom is 0.319 e. The Morgan fingerprint density at radius 2 is 2.00 bits per heavy atom. The number of nitrogens with one attached hydrogen (secondary N) is 2. The number of hydrogen-bond acceptors (Lipinski definition) is 3. The quantitative estimate of drug-likeness (QED) is 0.727. The summed E-state index contributed by atoms with van der Waals surface area (Å²) in [7, 11) is 1.43. The molecule has 1 atom stereocenters. The number of rotatable bonds is 7. The van der Waals surface area contributed by atoms with Gasteiger partial charge in [0, 0.05) is 24.4 Å². The lowest BCUT2D eigenvalue weighted by Crippen LogP contribution is -2.32. The molecule has 2 amide bonds. The molecule has 0 bridgehead atoms. The fourth-order valence-corrected chi connectivity index (χ4v) is 2.38. The number of carbonyl (C=O) groups excluding carboxylic acids is 1. The summed E-state index contributed by atoms with van der Waals surface area (Å²) in [5, 5.41) is 14.5. The second-order valence-corrected chi connectivity index (χ2v) is 5.31. The van der Waals surface area contributed by atoms with Gasteiger partial charge < -0.3 is 20.5 Å². The molecule has 0 fully saturated rings. The summed E-state index contributed by atoms with van der Waals surface area (Å²) in [6, 6.07) is 12.8. The monoisotopic (exact) mass is 332 g/mol. The molecule has 0 aliphatic rings. The average Bonchev–Trinajstić information content (AvgIpc) is 2.58. The van der Waals surface area contributed by atoms with Crippen LogP contribution in [0.1, 0.15) is 24.4 Å². The van der Waals surface area contributed by atoms with Crippen molar-refractivity contribution in [3.8, 4) is 5.75 Å². The van der Waals surface area contributed by atoms with Crippen molar-refractivity contribution in [2.45, 2.75) is 18.9 Å². The van der Waals surface area contributed by atoms with Crippen LogP contribution in [-0.2, 0) is 0 Å². The third kappa shape index (κ3) is 5.24. The van der Waals surface area contributed by atoms with E-state index in [9.17, 15) is 9.18 Å². The standard InChI is InChI=1S/C18H21FN2O3/c1-24-16-11-14(19)10-15(12-16)20-18(23)21-17(8-5-9-22)13-6-3-2-4-7-13/h2-4,6-7,10-12,17,22H,5,8-9H2,1H3,(H2,20,21,23). The first-order valence-corrected chi connectivity index (χ1v) is 7.70. The molecule has 0 aliphatic heterocycles. The van der Waals surface area contributed by atoms with E-state index in [0.29, 0.717) is 24.3 Å². The number of halogens is 1. The number of urea groups is 1. The highest BCUT2D eigenvalue weighted by atomic mass is 19.1. The number of ether oxygens (including phenoxy) is 1. The summed E-state index contributed by atoms with van der Waals surface area (Å²) >= 11 is 0. The molecule has 2 aromatic rings. The molecule has 0 spiro atoms. The van der Waals surface area contributed by atoms with Crippen molar-refractivity contribution in [2.24, 2.45) is 0 Å². The van der Waals surface area contributed by atoms with Crippen molar-refractivity contribution in [2.75, 3.05) is 19.0 Å². The third-order valence-electron chi connectivity index (χ3n) is 3.52. The Hall–Kier alpha value is -2.60. The fourth-order valence-electron chi connectivity index (χ4n) is 2.38. The van der Waals surface area contributed by atoms with Gasteiger partial charge in [0.2, 0.25) is 0 Å². The number of carbonyl (C=O) groups is 1. The maximum absolute atomic E-state index is 13.5. The van der Waals surface area contributed by atoms with Gasteiger partial charge in [0.25, 0.3) is 0 Å². The second kappa shape index (κ2) is 8.88. The highest BCUT2D eigenvalue weighted by molar-refractivity contribution is 5.89. The van der Waals surface area contributed by atoms with Gasteiger partial charge in [0.15, 0.2) is 0 Å². The van der Waals surface area contributed by atoms with Gasteiger partial charge in [0.05, 0.1) is 13.2 Å². The largest absolute Gasteiger partial charge is 0.497 e. The molecule has 3 N–H and O–H groups in total. The average molecular weight is 332 g/mol. The van der Waals surface area contributed by atoms with Crippen molar-refractivity contribution in [1.82, 2.24) is 5.32 Å². The Kier molecular flexibility index (Phi) is 6.57. The van der Waals surface area contributed by atoms with Crippen molar-refractivity contribution in [3.63, 3.8) is 0 Å². The van der Waals surface area contributed by atoms with Crippen LogP contribution in [0.4, 0.5) is 14.9 Å². The molecule has 5 nitrogen and oxygen atoms in total. The normalized spacial score (nSPS) is 11.6. The van der Waals surface area contributed by atoms with Gasteiger partial charge in [-0.15, -0.1) is 0 Å². The highest BCUT2D eigenvalue weighted by Crippen LogP contribution is 2.21. The summed E-state index contributed by atoms with van der Waals surface area (Å²) < 4.78 is 18.5. The van der Waals surface area contributed by atoms with Crippen LogP contribution >= 0.6 is 0 Å². The van der Waals surface area contributed by atoms with E-state index in [4.69, 9.17) is 9.84 Å². The van der Waals surface area contributed by atoms with Gasteiger partial charge >= 0.3 is 6.03 Å². The predicted molar refractivity (Wildman–Crippen MR) is 90.6 cm³/mol.